The van der Waals surface area contributed by atoms with Gasteiger partial charge in [0.2, 0.25) is 5.91 Å². The van der Waals surface area contributed by atoms with Gasteiger partial charge in [0.25, 0.3) is 0 Å². The largest absolute Gasteiger partial charge is 0.340 e. The van der Waals surface area contributed by atoms with Crippen molar-refractivity contribution in [1.82, 2.24) is 4.90 Å². The SMILES string of the molecule is CC.CCC1CCCC(=O)N1CC. The van der Waals surface area contributed by atoms with E-state index in [1.165, 1.54) is 6.42 Å². The molecule has 0 aromatic carbocycles. The first-order chi connectivity index (χ1) is 6.29. The maximum absolute atomic E-state index is 11.3. The van der Waals surface area contributed by atoms with Crippen molar-refractivity contribution >= 4 is 5.91 Å². The third-order valence-electron chi connectivity index (χ3n) is 2.50. The summed E-state index contributed by atoms with van der Waals surface area (Å²) in [4.78, 5) is 13.3. The second kappa shape index (κ2) is 6.93. The Hall–Kier alpha value is -0.530. The lowest BCUT2D eigenvalue weighted by molar-refractivity contribution is -0.136. The molecule has 78 valence electrons. The van der Waals surface area contributed by atoms with Gasteiger partial charge in [-0.2, -0.15) is 0 Å². The van der Waals surface area contributed by atoms with Crippen molar-refractivity contribution in [2.45, 2.75) is 59.4 Å². The Morgan fingerprint density at radius 3 is 2.38 bits per heavy atom. The van der Waals surface area contributed by atoms with E-state index in [0.717, 1.165) is 25.8 Å². The Balaban J connectivity index is 0.000000671. The summed E-state index contributed by atoms with van der Waals surface area (Å²) in [6.07, 6.45) is 4.17. The van der Waals surface area contributed by atoms with Crippen LogP contribution in [0.25, 0.3) is 0 Å². The van der Waals surface area contributed by atoms with E-state index in [2.05, 4.69) is 13.8 Å². The number of rotatable bonds is 2. The van der Waals surface area contributed by atoms with Crippen molar-refractivity contribution in [3.63, 3.8) is 0 Å². The molecule has 2 nitrogen and oxygen atoms in total. The first kappa shape index (κ1) is 12.5. The minimum Gasteiger partial charge on any atom is -0.340 e. The molecule has 0 bridgehead atoms. The van der Waals surface area contributed by atoms with Crippen LogP contribution >= 0.6 is 0 Å². The molecule has 0 radical (unpaired) electrons. The molecule has 1 heterocycles. The standard InChI is InChI=1S/C9H17NO.C2H6/c1-3-8-6-5-7-9(11)10(8)4-2;1-2/h8H,3-7H2,1-2H3;1-2H3. The van der Waals surface area contributed by atoms with Crippen LogP contribution in [0.1, 0.15) is 53.4 Å². The van der Waals surface area contributed by atoms with E-state index in [0.29, 0.717) is 11.9 Å². The zero-order valence-corrected chi connectivity index (χ0v) is 9.47. The van der Waals surface area contributed by atoms with Crippen molar-refractivity contribution < 1.29 is 4.79 Å². The summed E-state index contributed by atoms with van der Waals surface area (Å²) in [6, 6.07) is 0.529. The zero-order chi connectivity index (χ0) is 10.3. The van der Waals surface area contributed by atoms with Gasteiger partial charge in [0, 0.05) is 19.0 Å². The van der Waals surface area contributed by atoms with Crippen molar-refractivity contribution in [3.05, 3.63) is 0 Å². The van der Waals surface area contributed by atoms with Gasteiger partial charge >= 0.3 is 0 Å². The number of nitrogens with zero attached hydrogens (tertiary/aromatic N) is 1. The van der Waals surface area contributed by atoms with Crippen LogP contribution in [-0.2, 0) is 4.79 Å². The lowest BCUT2D eigenvalue weighted by atomic mass is 10.00. The average Bonchev–Trinajstić information content (AvgIpc) is 2.20. The average molecular weight is 185 g/mol. The summed E-state index contributed by atoms with van der Waals surface area (Å²) in [5.74, 6) is 0.352. The highest BCUT2D eigenvalue weighted by Gasteiger charge is 2.24. The monoisotopic (exact) mass is 185 g/mol. The lowest BCUT2D eigenvalue weighted by Crippen LogP contribution is -2.42. The van der Waals surface area contributed by atoms with Crippen LogP contribution in [0.3, 0.4) is 0 Å². The maximum Gasteiger partial charge on any atom is 0.222 e. The van der Waals surface area contributed by atoms with Gasteiger partial charge in [-0.15, -0.1) is 0 Å². The van der Waals surface area contributed by atoms with Crippen LogP contribution < -0.4 is 0 Å². The van der Waals surface area contributed by atoms with Gasteiger partial charge in [0.05, 0.1) is 0 Å². The van der Waals surface area contributed by atoms with Gasteiger partial charge in [0.15, 0.2) is 0 Å². The van der Waals surface area contributed by atoms with Crippen LogP contribution in [0, 0.1) is 0 Å². The minimum atomic E-state index is 0.352. The van der Waals surface area contributed by atoms with E-state index in [-0.39, 0.29) is 0 Å². The Kier molecular flexibility index (Phi) is 6.65. The van der Waals surface area contributed by atoms with Gasteiger partial charge in [-0.05, 0) is 26.2 Å². The van der Waals surface area contributed by atoms with Crippen LogP contribution in [0.2, 0.25) is 0 Å². The molecule has 13 heavy (non-hydrogen) atoms. The van der Waals surface area contributed by atoms with E-state index in [1.54, 1.807) is 0 Å². The van der Waals surface area contributed by atoms with E-state index in [9.17, 15) is 4.79 Å². The van der Waals surface area contributed by atoms with E-state index < -0.39 is 0 Å². The van der Waals surface area contributed by atoms with Gasteiger partial charge in [-0.3, -0.25) is 4.79 Å². The fourth-order valence-electron chi connectivity index (χ4n) is 1.85. The molecule has 2 heteroatoms. The number of carbonyl (C=O) groups is 1. The lowest BCUT2D eigenvalue weighted by Gasteiger charge is -2.34. The molecule has 1 rings (SSSR count). The fourth-order valence-corrected chi connectivity index (χ4v) is 1.85. The summed E-state index contributed by atoms with van der Waals surface area (Å²) in [5, 5.41) is 0. The quantitative estimate of drug-likeness (QED) is 0.648. The molecule has 0 aromatic heterocycles. The Morgan fingerprint density at radius 1 is 1.38 bits per heavy atom. The molecule has 0 spiro atoms. The molecular formula is C11H23NO. The van der Waals surface area contributed by atoms with Crippen LogP contribution in [0.5, 0.6) is 0 Å². The number of amides is 1. The van der Waals surface area contributed by atoms with Crippen molar-refractivity contribution in [3.8, 4) is 0 Å². The topological polar surface area (TPSA) is 20.3 Å². The number of piperidine rings is 1. The molecule has 1 aliphatic heterocycles. The first-order valence-corrected chi connectivity index (χ1v) is 5.59. The van der Waals surface area contributed by atoms with Crippen LogP contribution in [-0.4, -0.2) is 23.4 Å². The normalized spacial score (nSPS) is 22.3. The molecule has 0 N–H and O–H groups in total. The van der Waals surface area contributed by atoms with E-state index in [4.69, 9.17) is 0 Å². The van der Waals surface area contributed by atoms with Gasteiger partial charge in [0.1, 0.15) is 0 Å². The predicted octanol–water partition coefficient (Wildman–Crippen LogP) is 2.82. The van der Waals surface area contributed by atoms with Gasteiger partial charge in [-0.25, -0.2) is 0 Å². The second-order valence-corrected chi connectivity index (χ2v) is 3.13. The molecule has 0 aromatic rings. The Morgan fingerprint density at radius 2 is 2.00 bits per heavy atom. The van der Waals surface area contributed by atoms with Gasteiger partial charge in [-0.1, -0.05) is 20.8 Å². The molecule has 0 saturated carbocycles. The number of carbonyl (C=O) groups excluding carboxylic acids is 1. The number of hydrogen-bond donors (Lipinski definition) is 0. The highest BCUT2D eigenvalue weighted by Crippen LogP contribution is 2.19. The predicted molar refractivity (Wildman–Crippen MR) is 56.7 cm³/mol. The summed E-state index contributed by atoms with van der Waals surface area (Å²) < 4.78 is 0. The zero-order valence-electron chi connectivity index (χ0n) is 9.47. The second-order valence-electron chi connectivity index (χ2n) is 3.13. The molecule has 1 fully saturated rings. The van der Waals surface area contributed by atoms with Crippen molar-refractivity contribution in [2.24, 2.45) is 0 Å². The Bertz CT molecular complexity index is 145. The third-order valence-corrected chi connectivity index (χ3v) is 2.50. The molecule has 1 unspecified atom stereocenters. The highest BCUT2D eigenvalue weighted by molar-refractivity contribution is 5.77. The summed E-state index contributed by atoms with van der Waals surface area (Å²) >= 11 is 0. The van der Waals surface area contributed by atoms with Crippen molar-refractivity contribution in [1.29, 1.82) is 0 Å². The molecular weight excluding hydrogens is 162 g/mol. The molecule has 1 amide bonds. The molecule has 0 aliphatic carbocycles. The molecule has 1 aliphatic rings. The number of hydrogen-bond acceptors (Lipinski definition) is 1. The highest BCUT2D eigenvalue weighted by atomic mass is 16.2. The summed E-state index contributed by atoms with van der Waals surface area (Å²) in [7, 11) is 0. The fraction of sp³-hybridized carbons (Fsp3) is 0.909. The molecule has 1 atom stereocenters. The Labute approximate surface area is 82.3 Å². The van der Waals surface area contributed by atoms with E-state index in [1.807, 2.05) is 18.7 Å². The smallest absolute Gasteiger partial charge is 0.222 e. The first-order valence-electron chi connectivity index (χ1n) is 5.59. The third kappa shape index (κ3) is 3.37. The molecule has 1 saturated heterocycles. The number of likely N-dealkylation sites (tertiary alicyclic amines) is 1. The van der Waals surface area contributed by atoms with Crippen molar-refractivity contribution in [2.75, 3.05) is 6.54 Å². The van der Waals surface area contributed by atoms with Crippen LogP contribution in [0.15, 0.2) is 0 Å². The maximum atomic E-state index is 11.3. The summed E-state index contributed by atoms with van der Waals surface area (Å²) in [5.41, 5.74) is 0. The van der Waals surface area contributed by atoms with Crippen LogP contribution in [0.4, 0.5) is 0 Å². The van der Waals surface area contributed by atoms with E-state index >= 15 is 0 Å². The summed E-state index contributed by atoms with van der Waals surface area (Å²) in [6.45, 7) is 9.11. The van der Waals surface area contributed by atoms with Gasteiger partial charge < -0.3 is 4.90 Å². The minimum absolute atomic E-state index is 0.352.